The van der Waals surface area contributed by atoms with E-state index in [2.05, 4.69) is 31.2 Å². The third-order valence-corrected chi connectivity index (χ3v) is 4.33. The first-order valence-electron chi connectivity index (χ1n) is 8.34. The van der Waals surface area contributed by atoms with Crippen LogP contribution in [0, 0.1) is 0 Å². The maximum Gasteiger partial charge on any atom is 0.288 e. The number of hydrogen-bond donors (Lipinski definition) is 1. The van der Waals surface area contributed by atoms with E-state index in [4.69, 9.17) is 4.84 Å². The van der Waals surface area contributed by atoms with E-state index >= 15 is 0 Å². The van der Waals surface area contributed by atoms with Gasteiger partial charge in [-0.2, -0.15) is 8.78 Å². The third-order valence-electron chi connectivity index (χ3n) is 3.61. The number of nitrogens with one attached hydrogen (secondary N) is 1. The Morgan fingerprint density at radius 3 is 2.33 bits per heavy atom. The van der Waals surface area contributed by atoms with E-state index in [0.717, 1.165) is 5.56 Å². The normalized spacial score (nSPS) is 11.8. The number of anilines is 1. The number of rotatable bonds is 7. The fourth-order valence-electron chi connectivity index (χ4n) is 2.18. The van der Waals surface area contributed by atoms with Crippen molar-refractivity contribution in [3.05, 3.63) is 59.7 Å². The quantitative estimate of drug-likeness (QED) is 0.396. The largest absolute Gasteiger partial charge is 0.386 e. The number of carbonyl (C=O) groups excluding carboxylic acids is 1. The molecule has 0 aliphatic heterocycles. The van der Waals surface area contributed by atoms with E-state index in [1.807, 2.05) is 24.3 Å². The summed E-state index contributed by atoms with van der Waals surface area (Å²) >= 11 is 0.453. The third kappa shape index (κ3) is 7.38. The second-order valence-electron chi connectivity index (χ2n) is 6.83. The molecule has 0 spiro atoms. The predicted molar refractivity (Wildman–Crippen MR) is 106 cm³/mol. The minimum atomic E-state index is -2.47. The van der Waals surface area contributed by atoms with Gasteiger partial charge in [-0.15, -0.1) is 0 Å². The molecular formula is C20H22F2N2O2S. The Hall–Kier alpha value is -2.41. The highest BCUT2D eigenvalue weighted by Crippen LogP contribution is 2.26. The summed E-state index contributed by atoms with van der Waals surface area (Å²) in [5.74, 6) is -2.86. The van der Waals surface area contributed by atoms with Gasteiger partial charge in [-0.05, 0) is 40.8 Å². The lowest BCUT2D eigenvalue weighted by Gasteiger charge is -2.18. The first-order valence-corrected chi connectivity index (χ1v) is 9.22. The van der Waals surface area contributed by atoms with Gasteiger partial charge in [-0.1, -0.05) is 62.0 Å². The highest BCUT2D eigenvalue weighted by molar-refractivity contribution is 7.99. The van der Waals surface area contributed by atoms with E-state index in [0.29, 0.717) is 22.3 Å². The number of halogens is 2. The molecule has 2 aromatic carbocycles. The molecule has 0 saturated heterocycles. The Bertz CT molecular complexity index is 770. The average molecular weight is 392 g/mol. The first-order chi connectivity index (χ1) is 12.7. The fourth-order valence-corrected chi connectivity index (χ4v) is 2.68. The molecule has 0 bridgehead atoms. The molecule has 1 amide bonds. The minimum Gasteiger partial charge on any atom is -0.386 e. The van der Waals surface area contributed by atoms with E-state index in [-0.39, 0.29) is 17.9 Å². The van der Waals surface area contributed by atoms with Gasteiger partial charge in [0, 0.05) is 10.6 Å². The van der Waals surface area contributed by atoms with E-state index in [1.54, 1.807) is 12.1 Å². The van der Waals surface area contributed by atoms with Crippen molar-refractivity contribution in [1.82, 2.24) is 0 Å². The van der Waals surface area contributed by atoms with Crippen LogP contribution in [0.4, 0.5) is 14.5 Å². The molecule has 144 valence electrons. The van der Waals surface area contributed by atoms with Crippen molar-refractivity contribution in [2.45, 2.75) is 36.8 Å². The van der Waals surface area contributed by atoms with Crippen LogP contribution in [-0.2, 0) is 15.0 Å². The monoisotopic (exact) mass is 392 g/mol. The Balaban J connectivity index is 1.77. The number of hydrogen-bond acceptors (Lipinski definition) is 4. The molecule has 4 nitrogen and oxygen atoms in total. The second-order valence-corrected chi connectivity index (χ2v) is 7.89. The molecule has 2 rings (SSSR count). The van der Waals surface area contributed by atoms with Crippen LogP contribution < -0.4 is 5.32 Å². The molecule has 1 N–H and O–H groups in total. The van der Waals surface area contributed by atoms with Crippen LogP contribution in [0.15, 0.2) is 58.6 Å². The van der Waals surface area contributed by atoms with Crippen molar-refractivity contribution in [1.29, 1.82) is 0 Å². The zero-order chi connectivity index (χ0) is 19.9. The van der Waals surface area contributed by atoms with Gasteiger partial charge < -0.3 is 10.2 Å². The molecule has 0 radical (unpaired) electrons. The summed E-state index contributed by atoms with van der Waals surface area (Å²) in [6.07, 6.45) is 1.54. The van der Waals surface area contributed by atoms with Gasteiger partial charge in [0.25, 0.3) is 11.7 Å². The van der Waals surface area contributed by atoms with Crippen LogP contribution >= 0.6 is 11.8 Å². The molecule has 2 aromatic rings. The summed E-state index contributed by atoms with van der Waals surface area (Å²) in [6, 6.07) is 14.1. The number of nitrogens with zero attached hydrogens (tertiary/aromatic N) is 1. The minimum absolute atomic E-state index is 0.0839. The molecule has 0 aromatic heterocycles. The molecule has 0 unspecified atom stereocenters. The molecule has 0 saturated carbocycles. The molecule has 0 atom stereocenters. The summed E-state index contributed by atoms with van der Waals surface area (Å²) in [5.41, 5.74) is 2.68. The summed E-state index contributed by atoms with van der Waals surface area (Å²) in [7, 11) is 0. The van der Waals surface area contributed by atoms with Crippen LogP contribution in [0.5, 0.6) is 0 Å². The van der Waals surface area contributed by atoms with Crippen LogP contribution in [0.3, 0.4) is 0 Å². The van der Waals surface area contributed by atoms with Gasteiger partial charge in [0.05, 0.1) is 6.21 Å². The van der Waals surface area contributed by atoms with Gasteiger partial charge in [-0.25, -0.2) is 0 Å². The number of alkyl halides is 2. The Kier molecular flexibility index (Phi) is 7.36. The first kappa shape index (κ1) is 20.9. The number of amides is 1. The summed E-state index contributed by atoms with van der Waals surface area (Å²) in [6.45, 7) is 6.18. The van der Waals surface area contributed by atoms with Crippen LogP contribution in [0.2, 0.25) is 0 Å². The van der Waals surface area contributed by atoms with E-state index in [1.165, 1.54) is 23.9 Å². The molecule has 0 heterocycles. The summed E-state index contributed by atoms with van der Waals surface area (Å²) in [5, 5.41) is 6.40. The Morgan fingerprint density at radius 2 is 1.78 bits per heavy atom. The lowest BCUT2D eigenvalue weighted by molar-refractivity contribution is -0.120. The number of benzene rings is 2. The molecular weight excluding hydrogens is 370 g/mol. The van der Waals surface area contributed by atoms with Gasteiger partial charge in [0.1, 0.15) is 0 Å². The molecule has 0 fully saturated rings. The van der Waals surface area contributed by atoms with E-state index < -0.39 is 5.76 Å². The number of carbonyl (C=O) groups is 1. The predicted octanol–water partition coefficient (Wildman–Crippen LogP) is 5.29. The topological polar surface area (TPSA) is 50.7 Å². The summed E-state index contributed by atoms with van der Waals surface area (Å²) < 4.78 is 24.5. The molecule has 0 aliphatic carbocycles. The highest BCUT2D eigenvalue weighted by atomic mass is 32.2. The van der Waals surface area contributed by atoms with Crippen LogP contribution in [-0.4, -0.2) is 24.5 Å². The van der Waals surface area contributed by atoms with Crippen molar-refractivity contribution in [2.24, 2.45) is 5.16 Å². The zero-order valence-electron chi connectivity index (χ0n) is 15.4. The lowest BCUT2D eigenvalue weighted by atomic mass is 9.87. The van der Waals surface area contributed by atoms with Crippen molar-refractivity contribution in [3.63, 3.8) is 0 Å². The van der Waals surface area contributed by atoms with Gasteiger partial charge in [0.15, 0.2) is 6.61 Å². The standard InChI is InChI=1S/C20H22F2N2O2S/c1-20(2,3)15-6-4-14(5-7-15)12-23-26-13-18(25)24-16-8-10-17(11-9-16)27-19(21)22/h4-12,19H,13H2,1-3H3,(H,24,25)/b23-12-. The fraction of sp³-hybridized carbons (Fsp3) is 0.300. The maximum absolute atomic E-state index is 12.3. The van der Waals surface area contributed by atoms with Crippen molar-refractivity contribution >= 4 is 29.6 Å². The van der Waals surface area contributed by atoms with Gasteiger partial charge in [-0.3, -0.25) is 4.79 Å². The zero-order valence-corrected chi connectivity index (χ0v) is 16.2. The number of thioether (sulfide) groups is 1. The molecule has 27 heavy (non-hydrogen) atoms. The Labute approximate surface area is 162 Å². The lowest BCUT2D eigenvalue weighted by Crippen LogP contribution is -2.16. The van der Waals surface area contributed by atoms with Gasteiger partial charge in [0.2, 0.25) is 0 Å². The van der Waals surface area contributed by atoms with Crippen molar-refractivity contribution in [3.8, 4) is 0 Å². The van der Waals surface area contributed by atoms with Crippen molar-refractivity contribution in [2.75, 3.05) is 11.9 Å². The SMILES string of the molecule is CC(C)(C)c1ccc(/C=N\OCC(=O)Nc2ccc(SC(F)F)cc2)cc1. The summed E-state index contributed by atoms with van der Waals surface area (Å²) in [4.78, 5) is 17.2. The van der Waals surface area contributed by atoms with Crippen molar-refractivity contribution < 1.29 is 18.4 Å². The number of oxime groups is 1. The Morgan fingerprint density at radius 1 is 1.15 bits per heavy atom. The van der Waals surface area contributed by atoms with Gasteiger partial charge >= 0.3 is 0 Å². The maximum atomic E-state index is 12.3. The molecule has 0 aliphatic rings. The smallest absolute Gasteiger partial charge is 0.288 e. The second kappa shape index (κ2) is 9.50. The highest BCUT2D eigenvalue weighted by Gasteiger charge is 2.12. The van der Waals surface area contributed by atoms with E-state index in [9.17, 15) is 13.6 Å². The average Bonchev–Trinajstić information content (AvgIpc) is 2.60. The van der Waals surface area contributed by atoms with Crippen LogP contribution in [0.1, 0.15) is 31.9 Å². The molecule has 7 heteroatoms. The van der Waals surface area contributed by atoms with Crippen LogP contribution in [0.25, 0.3) is 0 Å².